The lowest BCUT2D eigenvalue weighted by Gasteiger charge is -2.08. The quantitative estimate of drug-likeness (QED) is 0.850. The van der Waals surface area contributed by atoms with Gasteiger partial charge < -0.3 is 9.52 Å². The number of rotatable bonds is 2. The van der Waals surface area contributed by atoms with E-state index in [1.165, 1.54) is 25.1 Å². The Hall–Kier alpha value is -2.62. The lowest BCUT2D eigenvalue weighted by molar-refractivity contribution is 0.101. The summed E-state index contributed by atoms with van der Waals surface area (Å²) >= 11 is 0. The Morgan fingerprint density at radius 3 is 2.55 bits per heavy atom. The third-order valence-electron chi connectivity index (χ3n) is 3.32. The molecular formula is C16H12O4. The maximum atomic E-state index is 12.1. The number of phenols is 1. The number of allylic oxidation sites excluding steroid dienone is 4. The Morgan fingerprint density at radius 1 is 1.20 bits per heavy atom. The van der Waals surface area contributed by atoms with Crippen molar-refractivity contribution in [3.05, 3.63) is 64.1 Å². The van der Waals surface area contributed by atoms with Crippen LogP contribution in [0.25, 0.3) is 11.0 Å². The number of carbonyl (C=O) groups excluding carboxylic acids is 1. The van der Waals surface area contributed by atoms with E-state index in [1.807, 2.05) is 24.3 Å². The van der Waals surface area contributed by atoms with E-state index in [-0.39, 0.29) is 34.0 Å². The molecule has 1 aliphatic carbocycles. The molecule has 4 nitrogen and oxygen atoms in total. The monoisotopic (exact) mass is 268 g/mol. The van der Waals surface area contributed by atoms with Crippen molar-refractivity contribution >= 4 is 16.8 Å². The highest BCUT2D eigenvalue weighted by Gasteiger charge is 2.16. The molecule has 0 spiro atoms. The molecule has 2 aromatic rings. The summed E-state index contributed by atoms with van der Waals surface area (Å²) < 4.78 is 5.67. The summed E-state index contributed by atoms with van der Waals surface area (Å²) in [5.74, 6) is -0.0263. The molecule has 4 heteroatoms. The normalized spacial score (nSPS) is 14.2. The Labute approximate surface area is 114 Å². The van der Waals surface area contributed by atoms with Crippen molar-refractivity contribution in [3.63, 3.8) is 0 Å². The summed E-state index contributed by atoms with van der Waals surface area (Å²) in [6, 6.07) is 4.12. The van der Waals surface area contributed by atoms with Crippen molar-refractivity contribution in [2.24, 2.45) is 0 Å². The third kappa shape index (κ3) is 1.95. The zero-order chi connectivity index (χ0) is 14.3. The van der Waals surface area contributed by atoms with Gasteiger partial charge in [-0.25, -0.2) is 0 Å². The predicted molar refractivity (Wildman–Crippen MR) is 75.2 cm³/mol. The largest absolute Gasteiger partial charge is 0.507 e. The van der Waals surface area contributed by atoms with E-state index in [1.54, 1.807) is 0 Å². The van der Waals surface area contributed by atoms with Crippen LogP contribution in [0.5, 0.6) is 5.75 Å². The first-order valence-electron chi connectivity index (χ1n) is 6.23. The molecule has 3 rings (SSSR count). The van der Waals surface area contributed by atoms with Gasteiger partial charge in [0.15, 0.2) is 11.2 Å². The molecule has 20 heavy (non-hydrogen) atoms. The van der Waals surface area contributed by atoms with Gasteiger partial charge in [0.05, 0.1) is 16.9 Å². The van der Waals surface area contributed by atoms with E-state index in [0.29, 0.717) is 11.1 Å². The number of phenolic OH excluding ortho intramolecular Hbond substituents is 1. The first-order valence-corrected chi connectivity index (χ1v) is 6.23. The molecule has 1 aliphatic rings. The van der Waals surface area contributed by atoms with Gasteiger partial charge in [0.2, 0.25) is 0 Å². The van der Waals surface area contributed by atoms with Crippen LogP contribution in [0.1, 0.15) is 29.0 Å². The minimum Gasteiger partial charge on any atom is -0.507 e. The molecule has 100 valence electrons. The van der Waals surface area contributed by atoms with E-state index >= 15 is 0 Å². The zero-order valence-corrected chi connectivity index (χ0v) is 10.8. The maximum Gasteiger partial charge on any atom is 0.193 e. The number of ketones is 1. The molecule has 0 aliphatic heterocycles. The summed E-state index contributed by atoms with van der Waals surface area (Å²) in [6.07, 6.45) is 7.58. The summed E-state index contributed by atoms with van der Waals surface area (Å²) in [5, 5.41) is 10.1. The van der Waals surface area contributed by atoms with E-state index in [4.69, 9.17) is 4.42 Å². The van der Waals surface area contributed by atoms with Crippen LogP contribution in [-0.2, 0) is 0 Å². The molecule has 0 radical (unpaired) electrons. The molecule has 0 fully saturated rings. The molecule has 1 N–H and O–H groups in total. The van der Waals surface area contributed by atoms with Crippen molar-refractivity contribution in [1.82, 2.24) is 0 Å². The fraction of sp³-hybridized carbons (Fsp3) is 0.125. The lowest BCUT2D eigenvalue weighted by Crippen LogP contribution is -2.05. The van der Waals surface area contributed by atoms with Gasteiger partial charge in [-0.3, -0.25) is 9.59 Å². The van der Waals surface area contributed by atoms with E-state index in [0.717, 1.165) is 0 Å². The SMILES string of the molecule is CC(=O)c1cc2c(=O)cc(C3C=CC=C3)oc2cc1O. The third-order valence-corrected chi connectivity index (χ3v) is 3.32. The Balaban J connectivity index is 2.25. The van der Waals surface area contributed by atoms with Gasteiger partial charge in [-0.2, -0.15) is 0 Å². The fourth-order valence-corrected chi connectivity index (χ4v) is 2.28. The Morgan fingerprint density at radius 2 is 1.90 bits per heavy atom. The van der Waals surface area contributed by atoms with E-state index < -0.39 is 0 Å². The van der Waals surface area contributed by atoms with Crippen molar-refractivity contribution < 1.29 is 14.3 Å². The van der Waals surface area contributed by atoms with Crippen LogP contribution in [0.4, 0.5) is 0 Å². The second-order valence-corrected chi connectivity index (χ2v) is 4.73. The average molecular weight is 268 g/mol. The molecule has 0 atom stereocenters. The summed E-state index contributed by atoms with van der Waals surface area (Å²) in [4.78, 5) is 23.5. The Kier molecular flexibility index (Phi) is 2.79. The number of hydrogen-bond acceptors (Lipinski definition) is 4. The number of fused-ring (bicyclic) bond motifs is 1. The lowest BCUT2D eigenvalue weighted by atomic mass is 10.0. The predicted octanol–water partition coefficient (Wildman–Crippen LogP) is 2.91. The number of Topliss-reactive ketones (excluding diaryl/α,β-unsaturated/α-hetero) is 1. The molecule has 1 aromatic heterocycles. The van der Waals surface area contributed by atoms with Crippen molar-refractivity contribution in [2.75, 3.05) is 0 Å². The number of hydrogen-bond donors (Lipinski definition) is 1. The first kappa shape index (κ1) is 12.4. The fourth-order valence-electron chi connectivity index (χ4n) is 2.28. The molecule has 0 bridgehead atoms. The van der Waals surface area contributed by atoms with Crippen LogP contribution in [0, 0.1) is 0 Å². The van der Waals surface area contributed by atoms with Gasteiger partial charge in [0, 0.05) is 12.1 Å². The van der Waals surface area contributed by atoms with Gasteiger partial charge in [-0.1, -0.05) is 24.3 Å². The van der Waals surface area contributed by atoms with Crippen LogP contribution in [0.3, 0.4) is 0 Å². The van der Waals surface area contributed by atoms with Crippen molar-refractivity contribution in [3.8, 4) is 5.75 Å². The second kappa shape index (κ2) is 4.49. The zero-order valence-electron chi connectivity index (χ0n) is 10.8. The number of aromatic hydroxyl groups is 1. The van der Waals surface area contributed by atoms with Crippen LogP contribution in [0.2, 0.25) is 0 Å². The molecule has 1 aromatic carbocycles. The topological polar surface area (TPSA) is 67.5 Å². The highest BCUT2D eigenvalue weighted by Crippen LogP contribution is 2.28. The summed E-state index contributed by atoms with van der Waals surface area (Å²) in [6.45, 7) is 1.34. The minimum atomic E-state index is -0.297. The van der Waals surface area contributed by atoms with Crippen LogP contribution >= 0.6 is 0 Å². The standard InChI is InChI=1S/C16H12O4/c1-9(17)11-6-12-14(19)7-15(10-4-2-3-5-10)20-16(12)8-13(11)18/h2-8,10,18H,1H3. The van der Waals surface area contributed by atoms with Gasteiger partial charge in [0.25, 0.3) is 0 Å². The number of benzene rings is 1. The molecule has 1 heterocycles. The smallest absolute Gasteiger partial charge is 0.193 e. The molecule has 0 saturated carbocycles. The average Bonchev–Trinajstić information content (AvgIpc) is 2.91. The van der Waals surface area contributed by atoms with Gasteiger partial charge in [-0.15, -0.1) is 0 Å². The molecule has 0 unspecified atom stereocenters. The summed E-state index contributed by atoms with van der Waals surface area (Å²) in [5.41, 5.74) is 0.180. The summed E-state index contributed by atoms with van der Waals surface area (Å²) in [7, 11) is 0. The second-order valence-electron chi connectivity index (χ2n) is 4.73. The van der Waals surface area contributed by atoms with E-state index in [2.05, 4.69) is 0 Å². The minimum absolute atomic E-state index is 0.0678. The van der Waals surface area contributed by atoms with Gasteiger partial charge >= 0.3 is 0 Å². The van der Waals surface area contributed by atoms with Crippen LogP contribution in [-0.4, -0.2) is 10.9 Å². The van der Waals surface area contributed by atoms with Gasteiger partial charge in [0.1, 0.15) is 17.1 Å². The van der Waals surface area contributed by atoms with Gasteiger partial charge in [-0.05, 0) is 13.0 Å². The van der Waals surface area contributed by atoms with Crippen molar-refractivity contribution in [1.29, 1.82) is 0 Å². The number of carbonyl (C=O) groups is 1. The highest BCUT2D eigenvalue weighted by molar-refractivity contribution is 6.00. The highest BCUT2D eigenvalue weighted by atomic mass is 16.3. The Bertz CT molecular complexity index is 812. The molecule has 0 amide bonds. The first-order chi connectivity index (χ1) is 9.56. The van der Waals surface area contributed by atoms with E-state index in [9.17, 15) is 14.7 Å². The molecule has 0 saturated heterocycles. The van der Waals surface area contributed by atoms with Crippen LogP contribution < -0.4 is 5.43 Å². The van der Waals surface area contributed by atoms with Crippen molar-refractivity contribution in [2.45, 2.75) is 12.8 Å². The van der Waals surface area contributed by atoms with Crippen LogP contribution in [0.15, 0.2) is 51.7 Å². The maximum absolute atomic E-state index is 12.1. The molecular weight excluding hydrogens is 256 g/mol.